The number of cyclic esters (lactones) is 1. The molecule has 2 fully saturated rings. The van der Waals surface area contributed by atoms with Crippen LogP contribution in [0.25, 0.3) is 11.1 Å². The minimum atomic E-state index is -0.724. The third-order valence-corrected chi connectivity index (χ3v) is 5.30. The number of hydrogen-bond acceptors (Lipinski definition) is 5. The lowest BCUT2D eigenvalue weighted by Crippen LogP contribution is -2.38. The quantitative estimate of drug-likeness (QED) is 0.850. The lowest BCUT2D eigenvalue weighted by molar-refractivity contribution is -0.125. The minimum absolute atomic E-state index is 0.165. The van der Waals surface area contributed by atoms with Crippen molar-refractivity contribution in [3.63, 3.8) is 0 Å². The highest BCUT2D eigenvalue weighted by molar-refractivity contribution is 6.03. The molecule has 0 bridgehead atoms. The Labute approximate surface area is 159 Å². The Morgan fingerprint density at radius 3 is 2.71 bits per heavy atom. The fourth-order valence-electron chi connectivity index (χ4n) is 3.55. The van der Waals surface area contributed by atoms with Crippen LogP contribution in [0.15, 0.2) is 36.4 Å². The molecule has 1 aliphatic carbocycles. The molecule has 0 radical (unpaired) electrons. The van der Waals surface area contributed by atoms with Gasteiger partial charge in [0.05, 0.1) is 24.5 Å². The van der Waals surface area contributed by atoms with Crippen LogP contribution in [0.3, 0.4) is 0 Å². The molecule has 2 aromatic carbocycles. The van der Waals surface area contributed by atoms with E-state index in [0.717, 1.165) is 0 Å². The molecule has 2 heterocycles. The highest BCUT2D eigenvalue weighted by Crippen LogP contribution is 2.47. The van der Waals surface area contributed by atoms with Gasteiger partial charge in [0.15, 0.2) is 5.60 Å². The maximum Gasteiger partial charge on any atom is 0.414 e. The Kier molecular flexibility index (Phi) is 3.60. The van der Waals surface area contributed by atoms with Crippen LogP contribution in [-0.2, 0) is 9.53 Å². The van der Waals surface area contributed by atoms with Crippen molar-refractivity contribution in [1.29, 1.82) is 0 Å². The number of fused-ring (bicyclic) bond motifs is 1. The summed E-state index contributed by atoms with van der Waals surface area (Å²) in [5, 5.41) is 12.0. The first-order chi connectivity index (χ1) is 13.5. The second-order valence-corrected chi connectivity index (χ2v) is 7.22. The third-order valence-electron chi connectivity index (χ3n) is 5.30. The molecule has 7 nitrogen and oxygen atoms in total. The molecular weight excluding hydrogens is 367 g/mol. The monoisotopic (exact) mass is 384 g/mol. The molecule has 2 amide bonds. The van der Waals surface area contributed by atoms with Crippen molar-refractivity contribution < 1.29 is 28.6 Å². The Bertz CT molecular complexity index is 1000. The molecule has 8 heteroatoms. The highest BCUT2D eigenvalue weighted by Gasteiger charge is 2.55. The molecule has 1 spiro atoms. The van der Waals surface area contributed by atoms with Crippen LogP contribution >= 0.6 is 0 Å². The number of aliphatic hydroxyl groups excluding tert-OH is 1. The molecule has 2 N–H and O–H groups in total. The normalized spacial score (nSPS) is 21.8. The van der Waals surface area contributed by atoms with Gasteiger partial charge in [-0.25, -0.2) is 9.18 Å². The van der Waals surface area contributed by atoms with Gasteiger partial charge >= 0.3 is 6.09 Å². The third kappa shape index (κ3) is 2.60. The Morgan fingerprint density at radius 1 is 1.21 bits per heavy atom. The van der Waals surface area contributed by atoms with E-state index >= 15 is 0 Å². The number of ether oxygens (including phenoxy) is 2. The van der Waals surface area contributed by atoms with Gasteiger partial charge in [-0.15, -0.1) is 0 Å². The van der Waals surface area contributed by atoms with Crippen molar-refractivity contribution in [2.45, 2.75) is 24.5 Å². The average molecular weight is 384 g/mol. The number of halogens is 1. The fourth-order valence-corrected chi connectivity index (χ4v) is 3.55. The van der Waals surface area contributed by atoms with E-state index in [1.807, 2.05) is 0 Å². The van der Waals surface area contributed by atoms with E-state index in [4.69, 9.17) is 14.6 Å². The molecule has 1 saturated heterocycles. The van der Waals surface area contributed by atoms with E-state index in [9.17, 15) is 14.0 Å². The number of nitrogens with one attached hydrogen (secondary N) is 1. The number of amides is 2. The standard InChI is InChI=1S/C20H17FN2O5/c21-15-8-12(23-9-13(10-24)27-19(23)26)2-3-14(15)11-1-4-17-16(7-11)22-18(25)20(28-17)5-6-20/h1-4,7-8,13,24H,5-6,9-10H2,(H,22,25)/t13-/m1/s1. The second kappa shape index (κ2) is 5.93. The summed E-state index contributed by atoms with van der Waals surface area (Å²) in [6.45, 7) is -0.120. The highest BCUT2D eigenvalue weighted by atomic mass is 19.1. The van der Waals surface area contributed by atoms with Gasteiger partial charge in [-0.05, 0) is 35.9 Å². The summed E-state index contributed by atoms with van der Waals surface area (Å²) in [6.07, 6.45) is 0.168. The first-order valence-electron chi connectivity index (χ1n) is 9.02. The van der Waals surface area contributed by atoms with Crippen LogP contribution in [0, 0.1) is 5.82 Å². The molecular formula is C20H17FN2O5. The van der Waals surface area contributed by atoms with Crippen LogP contribution in [0.2, 0.25) is 0 Å². The van der Waals surface area contributed by atoms with Crippen LogP contribution in [0.4, 0.5) is 20.6 Å². The number of anilines is 2. The first-order valence-corrected chi connectivity index (χ1v) is 9.02. The van der Waals surface area contributed by atoms with Crippen molar-refractivity contribution in [3.8, 4) is 16.9 Å². The van der Waals surface area contributed by atoms with Gasteiger partial charge in [-0.3, -0.25) is 9.69 Å². The average Bonchev–Trinajstić information content (AvgIpc) is 3.36. The van der Waals surface area contributed by atoms with E-state index in [1.54, 1.807) is 30.3 Å². The number of nitrogens with zero attached hydrogens (tertiary/aromatic N) is 1. The van der Waals surface area contributed by atoms with E-state index in [1.165, 1.54) is 11.0 Å². The predicted octanol–water partition coefficient (Wildman–Crippen LogP) is 2.67. The summed E-state index contributed by atoms with van der Waals surface area (Å²) in [5.41, 5.74) is 1.05. The van der Waals surface area contributed by atoms with Gasteiger partial charge in [0.1, 0.15) is 17.7 Å². The number of hydrogen-bond donors (Lipinski definition) is 2. The smallest absolute Gasteiger partial charge is 0.414 e. The number of rotatable bonds is 3. The summed E-state index contributed by atoms with van der Waals surface area (Å²) >= 11 is 0. The minimum Gasteiger partial charge on any atom is -0.475 e. The zero-order chi connectivity index (χ0) is 19.5. The lowest BCUT2D eigenvalue weighted by atomic mass is 10.0. The first kappa shape index (κ1) is 17.0. The molecule has 1 saturated carbocycles. The van der Waals surface area contributed by atoms with E-state index < -0.39 is 23.6 Å². The van der Waals surface area contributed by atoms with Crippen molar-refractivity contribution in [2.75, 3.05) is 23.4 Å². The maximum atomic E-state index is 14.8. The summed E-state index contributed by atoms with van der Waals surface area (Å²) in [6, 6.07) is 9.57. The molecule has 1 atom stereocenters. The van der Waals surface area contributed by atoms with E-state index in [0.29, 0.717) is 41.1 Å². The zero-order valence-electron chi connectivity index (χ0n) is 14.8. The molecule has 2 aliphatic heterocycles. The van der Waals surface area contributed by atoms with Crippen LogP contribution in [0.1, 0.15) is 12.8 Å². The second-order valence-electron chi connectivity index (χ2n) is 7.22. The number of aliphatic hydroxyl groups is 1. The largest absolute Gasteiger partial charge is 0.475 e. The van der Waals surface area contributed by atoms with Crippen LogP contribution < -0.4 is 15.0 Å². The summed E-state index contributed by atoms with van der Waals surface area (Å²) in [7, 11) is 0. The predicted molar refractivity (Wildman–Crippen MR) is 97.8 cm³/mol. The molecule has 144 valence electrons. The van der Waals surface area contributed by atoms with Gasteiger partial charge in [0, 0.05) is 18.4 Å². The number of carbonyl (C=O) groups excluding carboxylic acids is 2. The zero-order valence-corrected chi connectivity index (χ0v) is 14.8. The van der Waals surface area contributed by atoms with Crippen LogP contribution in [-0.4, -0.2) is 42.0 Å². The molecule has 2 aromatic rings. The van der Waals surface area contributed by atoms with Crippen molar-refractivity contribution in [3.05, 3.63) is 42.2 Å². The van der Waals surface area contributed by atoms with Gasteiger partial charge in [-0.1, -0.05) is 6.07 Å². The topological polar surface area (TPSA) is 88.1 Å². The Morgan fingerprint density at radius 2 is 2.04 bits per heavy atom. The lowest BCUT2D eigenvalue weighted by Gasteiger charge is -2.26. The van der Waals surface area contributed by atoms with Crippen molar-refractivity contribution in [1.82, 2.24) is 0 Å². The van der Waals surface area contributed by atoms with Crippen molar-refractivity contribution >= 4 is 23.4 Å². The molecule has 3 aliphatic rings. The summed E-state index contributed by atoms with van der Waals surface area (Å²) < 4.78 is 25.6. The van der Waals surface area contributed by atoms with Crippen molar-refractivity contribution in [2.24, 2.45) is 0 Å². The van der Waals surface area contributed by atoms with E-state index in [-0.39, 0.29) is 19.1 Å². The SMILES string of the molecule is O=C1O[C@@H](CO)CN1c1ccc(-c2ccc3c(c2)NC(=O)C2(CC2)O3)c(F)c1. The van der Waals surface area contributed by atoms with Gasteiger partial charge in [0.2, 0.25) is 0 Å². The van der Waals surface area contributed by atoms with Gasteiger partial charge in [-0.2, -0.15) is 0 Å². The van der Waals surface area contributed by atoms with Crippen LogP contribution in [0.5, 0.6) is 5.75 Å². The Hall–Kier alpha value is -3.13. The summed E-state index contributed by atoms with van der Waals surface area (Å²) in [4.78, 5) is 25.3. The fraction of sp³-hybridized carbons (Fsp3) is 0.300. The number of benzene rings is 2. The van der Waals surface area contributed by atoms with Gasteiger partial charge < -0.3 is 19.9 Å². The summed E-state index contributed by atoms with van der Waals surface area (Å²) in [5.74, 6) is -0.105. The van der Waals surface area contributed by atoms with E-state index in [2.05, 4.69) is 5.32 Å². The molecule has 0 unspecified atom stereocenters. The van der Waals surface area contributed by atoms with Gasteiger partial charge in [0.25, 0.3) is 5.91 Å². The molecule has 0 aromatic heterocycles. The Balaban J connectivity index is 1.44. The molecule has 28 heavy (non-hydrogen) atoms. The maximum absolute atomic E-state index is 14.8. The molecule has 5 rings (SSSR count). The number of carbonyl (C=O) groups is 2.